The zero-order valence-corrected chi connectivity index (χ0v) is 48.6. The lowest BCUT2D eigenvalue weighted by molar-refractivity contribution is 0.0977. The van der Waals surface area contributed by atoms with E-state index in [1.54, 1.807) is 37.3 Å². The number of carbonyl (C=O) groups excluding carboxylic acids is 4. The first-order valence-corrected chi connectivity index (χ1v) is 30.2. The third-order valence-corrected chi connectivity index (χ3v) is 17.9. The van der Waals surface area contributed by atoms with Crippen LogP contribution in [0.5, 0.6) is 0 Å². The van der Waals surface area contributed by atoms with E-state index in [0.29, 0.717) is 101 Å². The van der Waals surface area contributed by atoms with Gasteiger partial charge in [-0.05, 0) is 185 Å². The van der Waals surface area contributed by atoms with Crippen LogP contribution in [0.25, 0.3) is 0 Å². The largest absolute Gasteiger partial charge is 0.293 e. The predicted octanol–water partition coefficient (Wildman–Crippen LogP) is 14.9. The predicted molar refractivity (Wildman–Crippen MR) is 301 cm³/mol. The summed E-state index contributed by atoms with van der Waals surface area (Å²) in [4.78, 5) is 55.1. The number of Topliss-reactive ketones (excluding diaryl/α,β-unsaturated/α-hetero) is 4. The van der Waals surface area contributed by atoms with Gasteiger partial charge in [0, 0.05) is 81.8 Å². The second kappa shape index (κ2) is 27.4. The van der Waals surface area contributed by atoms with Gasteiger partial charge in [0.2, 0.25) is 5.95 Å². The van der Waals surface area contributed by atoms with Gasteiger partial charge in [0.1, 0.15) is 42.8 Å². The summed E-state index contributed by atoms with van der Waals surface area (Å²) >= 11 is 16.6. The maximum Gasteiger partial charge on any atom is 0.213 e. The number of carbonyl (C=O) groups is 4. The van der Waals surface area contributed by atoms with Crippen LogP contribution in [0.1, 0.15) is 196 Å². The average molecular weight is 1220 g/mol. The van der Waals surface area contributed by atoms with E-state index >= 15 is 0 Å². The summed E-state index contributed by atoms with van der Waals surface area (Å²) in [7, 11) is 0. The van der Waals surface area contributed by atoms with Crippen molar-refractivity contribution in [1.82, 2.24) is 43.3 Å². The van der Waals surface area contributed by atoms with Crippen molar-refractivity contribution in [2.45, 2.75) is 140 Å². The molecule has 5 heterocycles. The van der Waals surface area contributed by atoms with Gasteiger partial charge in [0.05, 0.1) is 22.8 Å². The van der Waals surface area contributed by atoms with Crippen molar-refractivity contribution in [3.63, 3.8) is 0 Å². The van der Waals surface area contributed by atoms with Gasteiger partial charge >= 0.3 is 0 Å². The van der Waals surface area contributed by atoms with Crippen molar-refractivity contribution in [3.05, 3.63) is 176 Å². The Morgan fingerprint density at radius 3 is 1.25 bits per heavy atom. The van der Waals surface area contributed by atoms with Gasteiger partial charge in [-0.2, -0.15) is 4.39 Å². The molecular formula is C57H52Cl2F5N9O4S4. The highest BCUT2D eigenvalue weighted by Gasteiger charge is 2.35. The Morgan fingerprint density at radius 2 is 0.827 bits per heavy atom. The number of rotatable bonds is 20. The van der Waals surface area contributed by atoms with Gasteiger partial charge < -0.3 is 0 Å². The fourth-order valence-corrected chi connectivity index (χ4v) is 12.1. The zero-order valence-electron chi connectivity index (χ0n) is 43.8. The van der Waals surface area contributed by atoms with Crippen molar-refractivity contribution >= 4 is 92.5 Å². The van der Waals surface area contributed by atoms with Gasteiger partial charge in [-0.15, -0.1) is 20.4 Å². The highest BCUT2D eigenvalue weighted by atomic mass is 35.5. The number of nitrogens with zero attached hydrogens (tertiary/aromatic N) is 9. The van der Waals surface area contributed by atoms with Crippen LogP contribution in [0.4, 0.5) is 22.0 Å². The van der Waals surface area contributed by atoms with Crippen molar-refractivity contribution in [2.24, 2.45) is 0 Å². The van der Waals surface area contributed by atoms with E-state index in [0.717, 1.165) is 126 Å². The van der Waals surface area contributed by atoms with Gasteiger partial charge in [0.15, 0.2) is 23.1 Å². The SMILES string of the molecule is Cc1ccc(F)c(CCC(=O)c2snnc2C2CC2)c1Cl.Cc1ccc(F)c(CCC(=O)c2snnc2C2CC2)c1F.O=C(CCc1c(F)cccc1Cl)c1snnc1C1CC1.O=C(CCc1cccc(F)n1)c1snnc1C1CC1. The number of ketones is 4. The summed E-state index contributed by atoms with van der Waals surface area (Å²) in [5.74, 6) is -1.00. The molecule has 8 aromatic rings. The minimum atomic E-state index is -0.601. The Morgan fingerprint density at radius 1 is 0.457 bits per heavy atom. The van der Waals surface area contributed by atoms with Gasteiger partial charge in [-0.1, -0.05) is 65.4 Å². The number of pyridine rings is 1. The molecule has 12 rings (SSSR count). The minimum Gasteiger partial charge on any atom is -0.293 e. The summed E-state index contributed by atoms with van der Waals surface area (Å²) in [6.07, 6.45) is 10.5. The minimum absolute atomic E-state index is 0.0196. The molecule has 0 aliphatic heterocycles. The van der Waals surface area contributed by atoms with Gasteiger partial charge in [-0.25, -0.2) is 22.5 Å². The number of benzene rings is 3. The average Bonchev–Trinajstić information content (AvgIpc) is 4.52. The molecule has 81 heavy (non-hydrogen) atoms. The van der Waals surface area contributed by atoms with E-state index in [4.69, 9.17) is 23.2 Å². The molecule has 0 amide bonds. The molecule has 4 fully saturated rings. The molecule has 5 aromatic heterocycles. The maximum atomic E-state index is 13.9. The Bertz CT molecular complexity index is 3440. The first-order valence-electron chi connectivity index (χ1n) is 26.4. The topological polar surface area (TPSA) is 184 Å². The van der Waals surface area contributed by atoms with Crippen LogP contribution in [0.3, 0.4) is 0 Å². The van der Waals surface area contributed by atoms with E-state index < -0.39 is 17.6 Å². The van der Waals surface area contributed by atoms with Gasteiger partial charge in [0.25, 0.3) is 0 Å². The van der Waals surface area contributed by atoms with E-state index in [1.165, 1.54) is 30.3 Å². The summed E-state index contributed by atoms with van der Waals surface area (Å²) < 4.78 is 83.4. The summed E-state index contributed by atoms with van der Waals surface area (Å²) in [5, 5.41) is 16.9. The number of hydrogen-bond donors (Lipinski definition) is 0. The highest BCUT2D eigenvalue weighted by molar-refractivity contribution is 7.09. The molecule has 13 nitrogen and oxygen atoms in total. The number of aryl methyl sites for hydroxylation is 3. The second-order valence-electron chi connectivity index (χ2n) is 20.2. The lowest BCUT2D eigenvalue weighted by Crippen LogP contribution is -2.05. The molecule has 4 aliphatic rings. The van der Waals surface area contributed by atoms with Crippen molar-refractivity contribution in [3.8, 4) is 0 Å². The maximum absolute atomic E-state index is 13.9. The van der Waals surface area contributed by atoms with Crippen molar-refractivity contribution in [1.29, 1.82) is 0 Å². The Balaban J connectivity index is 0.000000130. The van der Waals surface area contributed by atoms with E-state index in [-0.39, 0.29) is 66.0 Å². The third kappa shape index (κ3) is 15.7. The lowest BCUT2D eigenvalue weighted by atomic mass is 10.0. The molecule has 0 unspecified atom stereocenters. The van der Waals surface area contributed by atoms with Crippen LogP contribution in [-0.4, -0.2) is 66.5 Å². The molecule has 0 spiro atoms. The Kier molecular flexibility index (Phi) is 20.1. The quantitative estimate of drug-likeness (QED) is 0.0399. The van der Waals surface area contributed by atoms with Crippen LogP contribution in [0.15, 0.2) is 60.7 Å². The van der Waals surface area contributed by atoms with Crippen molar-refractivity contribution in [2.75, 3.05) is 0 Å². The van der Waals surface area contributed by atoms with E-state index in [2.05, 4.69) is 43.3 Å². The first kappa shape index (κ1) is 59.6. The number of aromatic nitrogens is 9. The molecule has 0 N–H and O–H groups in total. The van der Waals surface area contributed by atoms with E-state index in [9.17, 15) is 41.1 Å². The van der Waals surface area contributed by atoms with Gasteiger partial charge in [-0.3, -0.25) is 19.2 Å². The van der Waals surface area contributed by atoms with E-state index in [1.807, 2.05) is 6.92 Å². The summed E-state index contributed by atoms with van der Waals surface area (Å²) in [6, 6.07) is 14.8. The molecule has 0 atom stereocenters. The molecule has 4 saturated carbocycles. The molecule has 4 aliphatic carbocycles. The monoisotopic (exact) mass is 1220 g/mol. The fraction of sp³-hybridized carbons (Fsp3) is 0.386. The molecule has 3 aromatic carbocycles. The van der Waals surface area contributed by atoms with Crippen LogP contribution in [0.2, 0.25) is 10.0 Å². The Hall–Kier alpha value is -6.04. The summed E-state index contributed by atoms with van der Waals surface area (Å²) in [5.41, 5.74) is 5.84. The van der Waals surface area contributed by atoms with Crippen molar-refractivity contribution < 1.29 is 41.1 Å². The molecule has 0 saturated heterocycles. The van der Waals surface area contributed by atoms with Crippen LogP contribution in [-0.2, 0) is 25.7 Å². The molecule has 24 heteroatoms. The van der Waals surface area contributed by atoms with Crippen LogP contribution < -0.4 is 0 Å². The Labute approximate surface area is 489 Å². The molecule has 422 valence electrons. The molecule has 0 radical (unpaired) electrons. The smallest absolute Gasteiger partial charge is 0.213 e. The zero-order chi connectivity index (χ0) is 57.3. The molecule has 0 bridgehead atoms. The lowest BCUT2D eigenvalue weighted by Gasteiger charge is -2.07. The fourth-order valence-electron chi connectivity index (χ4n) is 8.72. The van der Waals surface area contributed by atoms with Crippen LogP contribution in [0, 0.1) is 43.1 Å². The first-order chi connectivity index (χ1) is 39.1. The standard InChI is InChI=1S/C15H14ClFN2OS.C15H14F2N2OS.C14H12ClFN2OS.C13H12FN3OS/c1-8-2-6-11(17)10(13(8)16)5-7-12(20)15-14(9-3-4-9)18-19-21-15;1-8-2-6-11(16)10(13(8)17)5-7-12(20)15-14(9-3-4-9)18-19-21-15;15-10-2-1-3-11(16)9(10)6-7-12(19)14-13(8-4-5-8)17-18-20-14;14-11-3-1-2-9(15-11)6-7-10(18)13-12(8-4-5-8)16-17-19-13/h2*2,6,9H,3-5,7H2,1H3;1-3,8H,4-7H2;1-3,8H,4-7H2. The second-order valence-corrected chi connectivity index (χ2v) is 24.0. The number of halogens is 7. The number of hydrogen-bond acceptors (Lipinski definition) is 17. The third-order valence-electron chi connectivity index (χ3n) is 13.9. The normalized spacial score (nSPS) is 14.5. The summed E-state index contributed by atoms with van der Waals surface area (Å²) in [6.45, 7) is 3.41. The highest BCUT2D eigenvalue weighted by Crippen LogP contribution is 2.44. The van der Waals surface area contributed by atoms with Crippen LogP contribution >= 0.6 is 69.3 Å². The molecular weight excluding hydrogens is 1170 g/mol.